The lowest BCUT2D eigenvalue weighted by molar-refractivity contribution is -0.116. The monoisotopic (exact) mass is 406 g/mol. The molecule has 1 N–H and O–H groups in total. The van der Waals surface area contributed by atoms with E-state index in [1.54, 1.807) is 29.2 Å². The first-order valence-electron chi connectivity index (χ1n) is 10.1. The van der Waals surface area contributed by atoms with Crippen molar-refractivity contribution in [3.8, 4) is 11.5 Å². The average Bonchev–Trinajstić information content (AvgIpc) is 3.23. The van der Waals surface area contributed by atoms with Gasteiger partial charge < -0.3 is 14.6 Å². The van der Waals surface area contributed by atoms with Gasteiger partial charge >= 0.3 is 0 Å². The van der Waals surface area contributed by atoms with E-state index in [1.165, 1.54) is 0 Å². The number of benzene rings is 2. The van der Waals surface area contributed by atoms with Crippen LogP contribution < -0.4 is 5.32 Å². The number of aryl methyl sites for hydroxylation is 2. The number of hydrogen-bond acceptors (Lipinski definition) is 5. The maximum atomic E-state index is 12.3. The lowest BCUT2D eigenvalue weighted by Crippen LogP contribution is -2.30. The van der Waals surface area contributed by atoms with Crippen molar-refractivity contribution in [2.75, 3.05) is 18.4 Å². The highest BCUT2D eigenvalue weighted by atomic mass is 16.4. The summed E-state index contributed by atoms with van der Waals surface area (Å²) < 4.78 is 5.65. The van der Waals surface area contributed by atoms with Gasteiger partial charge in [0.25, 0.3) is 5.91 Å². The Morgan fingerprint density at radius 1 is 0.967 bits per heavy atom. The van der Waals surface area contributed by atoms with Crippen molar-refractivity contribution in [2.45, 2.75) is 33.6 Å². The zero-order valence-corrected chi connectivity index (χ0v) is 17.5. The number of hydrogen-bond donors (Lipinski definition) is 1. The Hall–Kier alpha value is -3.48. The summed E-state index contributed by atoms with van der Waals surface area (Å²) in [6, 6.07) is 14.7. The number of rotatable bonds is 8. The quantitative estimate of drug-likeness (QED) is 0.608. The fourth-order valence-electron chi connectivity index (χ4n) is 3.00. The molecule has 0 unspecified atom stereocenters. The molecule has 7 heteroatoms. The van der Waals surface area contributed by atoms with E-state index in [0.717, 1.165) is 11.1 Å². The predicted molar refractivity (Wildman–Crippen MR) is 115 cm³/mol. The van der Waals surface area contributed by atoms with Crippen LogP contribution in [0.5, 0.6) is 0 Å². The summed E-state index contributed by atoms with van der Waals surface area (Å²) in [6.45, 7) is 7.23. The van der Waals surface area contributed by atoms with E-state index in [9.17, 15) is 9.59 Å². The van der Waals surface area contributed by atoms with Crippen molar-refractivity contribution in [2.24, 2.45) is 0 Å². The number of anilines is 1. The van der Waals surface area contributed by atoms with Gasteiger partial charge in [-0.3, -0.25) is 9.59 Å². The van der Waals surface area contributed by atoms with Gasteiger partial charge in [0.15, 0.2) is 0 Å². The molecule has 3 rings (SSSR count). The number of aromatic nitrogens is 2. The Kier molecular flexibility index (Phi) is 6.95. The Morgan fingerprint density at radius 3 is 2.27 bits per heavy atom. The second-order valence-electron chi connectivity index (χ2n) is 6.97. The average molecular weight is 406 g/mol. The van der Waals surface area contributed by atoms with E-state index < -0.39 is 0 Å². The van der Waals surface area contributed by atoms with Crippen molar-refractivity contribution in [3.05, 3.63) is 65.5 Å². The van der Waals surface area contributed by atoms with Gasteiger partial charge in [0.05, 0.1) is 0 Å². The Morgan fingerprint density at radius 2 is 1.63 bits per heavy atom. The van der Waals surface area contributed by atoms with Gasteiger partial charge in [0, 0.05) is 42.7 Å². The molecule has 1 heterocycles. The summed E-state index contributed by atoms with van der Waals surface area (Å²) in [7, 11) is 0. The minimum Gasteiger partial charge on any atom is -0.421 e. The van der Waals surface area contributed by atoms with Crippen molar-refractivity contribution in [3.63, 3.8) is 0 Å². The van der Waals surface area contributed by atoms with Crippen LogP contribution in [0.3, 0.4) is 0 Å². The zero-order chi connectivity index (χ0) is 21.5. The van der Waals surface area contributed by atoms with Crippen molar-refractivity contribution >= 4 is 17.5 Å². The number of nitrogens with zero attached hydrogens (tertiary/aromatic N) is 3. The highest BCUT2D eigenvalue weighted by Crippen LogP contribution is 2.19. The lowest BCUT2D eigenvalue weighted by Gasteiger charge is -2.18. The maximum Gasteiger partial charge on any atom is 0.253 e. The second kappa shape index (κ2) is 9.82. The molecule has 30 heavy (non-hydrogen) atoms. The summed E-state index contributed by atoms with van der Waals surface area (Å²) in [5, 5.41) is 10.9. The van der Waals surface area contributed by atoms with Crippen LogP contribution >= 0.6 is 0 Å². The van der Waals surface area contributed by atoms with Crippen LogP contribution in [0.2, 0.25) is 0 Å². The summed E-state index contributed by atoms with van der Waals surface area (Å²) in [6.07, 6.45) is 0.568. The highest BCUT2D eigenvalue weighted by molar-refractivity contribution is 5.95. The first-order valence-corrected chi connectivity index (χ1v) is 10.1. The van der Waals surface area contributed by atoms with Crippen molar-refractivity contribution < 1.29 is 14.0 Å². The minimum atomic E-state index is -0.159. The number of nitrogens with one attached hydrogen (secondary N) is 1. The molecule has 0 aliphatic rings. The molecule has 0 spiro atoms. The highest BCUT2D eigenvalue weighted by Gasteiger charge is 2.13. The molecular formula is C23H26N4O3. The molecule has 0 aliphatic carbocycles. The number of carbonyl (C=O) groups is 2. The molecule has 0 saturated carbocycles. The molecule has 156 valence electrons. The van der Waals surface area contributed by atoms with E-state index in [0.29, 0.717) is 42.5 Å². The third kappa shape index (κ3) is 5.31. The van der Waals surface area contributed by atoms with Gasteiger partial charge in [0.1, 0.15) is 0 Å². The van der Waals surface area contributed by atoms with E-state index in [4.69, 9.17) is 4.42 Å². The van der Waals surface area contributed by atoms with Crippen molar-refractivity contribution in [1.29, 1.82) is 0 Å². The van der Waals surface area contributed by atoms with E-state index in [1.807, 2.05) is 45.0 Å². The standard InChI is InChI=1S/C23H26N4O3/c1-4-27(5-2)23(29)18-10-12-19(13-11-18)24-20(28)14-15-21-25-26-22(30-21)17-8-6-16(3)7-9-17/h6-13H,4-5,14-15H2,1-3H3,(H,24,28). The van der Waals surface area contributed by atoms with Gasteiger partial charge in [-0.15, -0.1) is 10.2 Å². The Balaban J connectivity index is 1.52. The van der Waals surface area contributed by atoms with Gasteiger partial charge in [-0.2, -0.15) is 0 Å². The molecule has 0 bridgehead atoms. The molecule has 0 radical (unpaired) electrons. The molecular weight excluding hydrogens is 380 g/mol. The third-order valence-corrected chi connectivity index (χ3v) is 4.80. The number of amides is 2. The van der Waals surface area contributed by atoms with Gasteiger partial charge in [-0.05, 0) is 57.2 Å². The maximum absolute atomic E-state index is 12.3. The zero-order valence-electron chi connectivity index (χ0n) is 17.5. The van der Waals surface area contributed by atoms with Crippen LogP contribution in [0, 0.1) is 6.92 Å². The van der Waals surface area contributed by atoms with Crippen LogP contribution in [0.4, 0.5) is 5.69 Å². The summed E-state index contributed by atoms with van der Waals surface area (Å²) in [5.41, 5.74) is 3.25. The SMILES string of the molecule is CCN(CC)C(=O)c1ccc(NC(=O)CCc2nnc(-c3ccc(C)cc3)o2)cc1. The van der Waals surface area contributed by atoms with Crippen LogP contribution in [-0.2, 0) is 11.2 Å². The molecule has 0 atom stereocenters. The Bertz CT molecular complexity index is 990. The molecule has 1 aromatic heterocycles. The molecule has 0 aliphatic heterocycles. The van der Waals surface area contributed by atoms with E-state index in [2.05, 4.69) is 15.5 Å². The van der Waals surface area contributed by atoms with Crippen LogP contribution in [0.15, 0.2) is 52.9 Å². The van der Waals surface area contributed by atoms with Gasteiger partial charge in [-0.25, -0.2) is 0 Å². The molecule has 0 fully saturated rings. The lowest BCUT2D eigenvalue weighted by atomic mass is 10.1. The fraction of sp³-hybridized carbons (Fsp3) is 0.304. The van der Waals surface area contributed by atoms with E-state index >= 15 is 0 Å². The Labute approximate surface area is 176 Å². The largest absolute Gasteiger partial charge is 0.421 e. The first kappa shape index (κ1) is 21.2. The second-order valence-corrected chi connectivity index (χ2v) is 6.97. The third-order valence-electron chi connectivity index (χ3n) is 4.80. The van der Waals surface area contributed by atoms with Crippen LogP contribution in [-0.4, -0.2) is 40.0 Å². The van der Waals surface area contributed by atoms with Gasteiger partial charge in [-0.1, -0.05) is 17.7 Å². The molecule has 0 saturated heterocycles. The fourth-order valence-corrected chi connectivity index (χ4v) is 3.00. The topological polar surface area (TPSA) is 88.3 Å². The summed E-state index contributed by atoms with van der Waals surface area (Å²) in [4.78, 5) is 26.3. The molecule has 2 amide bonds. The van der Waals surface area contributed by atoms with Crippen LogP contribution in [0.1, 0.15) is 42.1 Å². The minimum absolute atomic E-state index is 0.0151. The van der Waals surface area contributed by atoms with Crippen molar-refractivity contribution in [1.82, 2.24) is 15.1 Å². The molecule has 7 nitrogen and oxygen atoms in total. The molecule has 2 aromatic carbocycles. The predicted octanol–water partition coefficient (Wildman–Crippen LogP) is 4.10. The molecule has 3 aromatic rings. The normalized spacial score (nSPS) is 10.6. The van der Waals surface area contributed by atoms with Gasteiger partial charge in [0.2, 0.25) is 17.7 Å². The summed E-state index contributed by atoms with van der Waals surface area (Å²) in [5.74, 6) is 0.686. The number of carbonyl (C=O) groups excluding carboxylic acids is 2. The smallest absolute Gasteiger partial charge is 0.253 e. The van der Waals surface area contributed by atoms with Crippen LogP contribution in [0.25, 0.3) is 11.5 Å². The van der Waals surface area contributed by atoms with E-state index in [-0.39, 0.29) is 18.2 Å². The summed E-state index contributed by atoms with van der Waals surface area (Å²) >= 11 is 0. The first-order chi connectivity index (χ1) is 14.5.